The molecule has 2 fully saturated rings. The van der Waals surface area contributed by atoms with E-state index in [-0.39, 0.29) is 30.2 Å². The number of esters is 1. The second-order valence-electron chi connectivity index (χ2n) is 9.09. The van der Waals surface area contributed by atoms with Gasteiger partial charge in [0.25, 0.3) is 0 Å². The molecule has 3 atom stereocenters. The molecule has 30 heavy (non-hydrogen) atoms. The predicted octanol–water partition coefficient (Wildman–Crippen LogP) is 4.08. The normalized spacial score (nSPS) is 23.5. The molecule has 2 aliphatic rings. The highest BCUT2D eigenvalue weighted by atomic mass is 16.6. The van der Waals surface area contributed by atoms with Gasteiger partial charge in [-0.3, -0.25) is 0 Å². The number of hydrogen-bond acceptors (Lipinski definition) is 6. The fourth-order valence-corrected chi connectivity index (χ4v) is 4.64. The first-order chi connectivity index (χ1) is 14.3. The van der Waals surface area contributed by atoms with Crippen LogP contribution in [0, 0.1) is 0 Å². The van der Waals surface area contributed by atoms with E-state index in [1.54, 1.807) is 13.1 Å². The number of carbonyl (C=O) groups is 2. The van der Waals surface area contributed by atoms with Crippen LogP contribution in [-0.2, 0) is 9.47 Å². The Balaban J connectivity index is 1.55. The highest BCUT2D eigenvalue weighted by molar-refractivity contribution is 6.04. The van der Waals surface area contributed by atoms with E-state index in [1.807, 2.05) is 37.9 Å². The molecule has 0 aromatic carbocycles. The number of ether oxygens (including phenoxy) is 2. The van der Waals surface area contributed by atoms with Crippen LogP contribution in [-0.4, -0.2) is 57.3 Å². The summed E-state index contributed by atoms with van der Waals surface area (Å²) in [4.78, 5) is 34.6. The predicted molar refractivity (Wildman–Crippen MR) is 114 cm³/mol. The van der Waals surface area contributed by atoms with E-state index in [4.69, 9.17) is 9.47 Å². The number of H-pyrrole nitrogens is 1. The van der Waals surface area contributed by atoms with Crippen LogP contribution in [0.3, 0.4) is 0 Å². The van der Waals surface area contributed by atoms with Crippen molar-refractivity contribution in [3.8, 4) is 0 Å². The average Bonchev–Trinajstić information content (AvgIpc) is 3.23. The Labute approximate surface area is 176 Å². The second-order valence-corrected chi connectivity index (χ2v) is 9.09. The van der Waals surface area contributed by atoms with Crippen LogP contribution in [0.2, 0.25) is 0 Å². The first-order valence-electron chi connectivity index (χ1n) is 10.7. The summed E-state index contributed by atoms with van der Waals surface area (Å²) in [6.07, 6.45) is 6.72. The highest BCUT2D eigenvalue weighted by Gasteiger charge is 2.45. The van der Waals surface area contributed by atoms with E-state index in [0.29, 0.717) is 12.2 Å². The molecule has 1 amide bonds. The maximum Gasteiger partial charge on any atom is 0.410 e. The third kappa shape index (κ3) is 3.95. The largest absolute Gasteiger partial charge is 0.462 e. The smallest absolute Gasteiger partial charge is 0.410 e. The topological polar surface area (TPSA) is 96.5 Å². The number of aromatic nitrogens is 2. The van der Waals surface area contributed by atoms with Crippen molar-refractivity contribution in [2.24, 2.45) is 0 Å². The quantitative estimate of drug-likeness (QED) is 0.732. The van der Waals surface area contributed by atoms with E-state index in [9.17, 15) is 9.59 Å². The van der Waals surface area contributed by atoms with Crippen molar-refractivity contribution in [2.75, 3.05) is 11.9 Å². The van der Waals surface area contributed by atoms with E-state index in [1.165, 1.54) is 0 Å². The lowest BCUT2D eigenvalue weighted by Gasteiger charge is -2.40. The lowest BCUT2D eigenvalue weighted by Crippen LogP contribution is -2.51. The number of aromatic amines is 1. The number of amides is 1. The fourth-order valence-electron chi connectivity index (χ4n) is 4.64. The zero-order valence-electron chi connectivity index (χ0n) is 18.0. The first kappa shape index (κ1) is 20.5. The molecule has 2 bridgehead atoms. The van der Waals surface area contributed by atoms with Crippen LogP contribution in [0.1, 0.15) is 63.7 Å². The van der Waals surface area contributed by atoms with Crippen LogP contribution in [0.25, 0.3) is 11.0 Å². The Bertz CT molecular complexity index is 934. The van der Waals surface area contributed by atoms with Crippen molar-refractivity contribution >= 4 is 28.8 Å². The van der Waals surface area contributed by atoms with Crippen LogP contribution in [0.4, 0.5) is 10.5 Å². The lowest BCUT2D eigenvalue weighted by molar-refractivity contribution is 0.00683. The monoisotopic (exact) mass is 414 g/mol. The van der Waals surface area contributed by atoms with Gasteiger partial charge in [-0.15, -0.1) is 0 Å². The van der Waals surface area contributed by atoms with E-state index >= 15 is 0 Å². The number of rotatable bonds is 4. The molecule has 4 heterocycles. The summed E-state index contributed by atoms with van der Waals surface area (Å²) in [5, 5.41) is 4.45. The molecule has 0 spiro atoms. The zero-order valence-corrected chi connectivity index (χ0v) is 18.0. The Morgan fingerprint density at radius 3 is 2.60 bits per heavy atom. The Kier molecular flexibility index (Phi) is 5.34. The minimum atomic E-state index is -0.503. The van der Waals surface area contributed by atoms with Crippen LogP contribution >= 0.6 is 0 Å². The number of hydrogen-bond donors (Lipinski definition) is 2. The molecule has 8 heteroatoms. The SMILES string of the molecule is CCOC(=O)c1cnc2[nH]ccc2c1NC1C[C@H]2CC[C@@H](C1)N2C(=O)OC(C)(C)C. The molecule has 2 N–H and O–H groups in total. The minimum Gasteiger partial charge on any atom is -0.462 e. The van der Waals surface area contributed by atoms with Crippen LogP contribution in [0.5, 0.6) is 0 Å². The van der Waals surface area contributed by atoms with E-state index in [2.05, 4.69) is 15.3 Å². The average molecular weight is 415 g/mol. The van der Waals surface area contributed by atoms with Crippen molar-refractivity contribution in [3.05, 3.63) is 24.0 Å². The molecular weight excluding hydrogens is 384 g/mol. The molecule has 4 rings (SSSR count). The molecule has 2 aromatic rings. The van der Waals surface area contributed by atoms with Gasteiger partial charge in [0.15, 0.2) is 0 Å². The van der Waals surface area contributed by atoms with Crippen LogP contribution in [0.15, 0.2) is 18.5 Å². The third-order valence-corrected chi connectivity index (χ3v) is 5.77. The first-order valence-corrected chi connectivity index (χ1v) is 10.7. The van der Waals surface area contributed by atoms with Crippen molar-refractivity contribution in [1.29, 1.82) is 0 Å². The Morgan fingerprint density at radius 2 is 1.97 bits per heavy atom. The van der Waals surface area contributed by atoms with Gasteiger partial charge < -0.3 is 24.7 Å². The number of anilines is 1. The van der Waals surface area contributed by atoms with Gasteiger partial charge in [-0.2, -0.15) is 0 Å². The molecule has 2 aromatic heterocycles. The Hall–Kier alpha value is -2.77. The summed E-state index contributed by atoms with van der Waals surface area (Å²) in [5.74, 6) is -0.384. The number of nitrogens with one attached hydrogen (secondary N) is 2. The van der Waals surface area contributed by atoms with E-state index < -0.39 is 5.60 Å². The van der Waals surface area contributed by atoms with Gasteiger partial charge in [0.05, 0.1) is 12.3 Å². The molecule has 0 saturated carbocycles. The fraction of sp³-hybridized carbons (Fsp3) is 0.591. The minimum absolute atomic E-state index is 0.144. The summed E-state index contributed by atoms with van der Waals surface area (Å²) in [6.45, 7) is 7.77. The molecule has 2 saturated heterocycles. The van der Waals surface area contributed by atoms with E-state index in [0.717, 1.165) is 42.4 Å². The van der Waals surface area contributed by atoms with Gasteiger partial charge in [0, 0.05) is 35.9 Å². The second kappa shape index (κ2) is 7.81. The maximum atomic E-state index is 12.7. The van der Waals surface area contributed by atoms with Crippen molar-refractivity contribution in [2.45, 2.75) is 77.1 Å². The number of piperidine rings is 1. The summed E-state index contributed by atoms with van der Waals surface area (Å²) in [5.41, 5.74) is 1.40. The number of carbonyl (C=O) groups excluding carboxylic acids is 2. The molecular formula is C22H30N4O4. The van der Waals surface area contributed by atoms with Gasteiger partial charge >= 0.3 is 12.1 Å². The van der Waals surface area contributed by atoms with Gasteiger partial charge in [0.1, 0.15) is 16.8 Å². The number of pyridine rings is 1. The molecule has 162 valence electrons. The number of nitrogens with zero attached hydrogens (tertiary/aromatic N) is 2. The van der Waals surface area contributed by atoms with Gasteiger partial charge in [-0.05, 0) is 59.4 Å². The zero-order chi connectivity index (χ0) is 21.5. The molecule has 8 nitrogen and oxygen atoms in total. The molecule has 0 aliphatic carbocycles. The summed E-state index contributed by atoms with van der Waals surface area (Å²) in [6, 6.07) is 2.35. The summed E-state index contributed by atoms with van der Waals surface area (Å²) in [7, 11) is 0. The van der Waals surface area contributed by atoms with Crippen molar-refractivity contribution in [1.82, 2.24) is 14.9 Å². The summed E-state index contributed by atoms with van der Waals surface area (Å²) >= 11 is 0. The number of fused-ring (bicyclic) bond motifs is 3. The summed E-state index contributed by atoms with van der Waals surface area (Å²) < 4.78 is 10.9. The lowest BCUT2D eigenvalue weighted by atomic mass is 9.97. The molecule has 2 aliphatic heterocycles. The van der Waals surface area contributed by atoms with Gasteiger partial charge in [-0.25, -0.2) is 14.6 Å². The van der Waals surface area contributed by atoms with Crippen LogP contribution < -0.4 is 5.32 Å². The van der Waals surface area contributed by atoms with Gasteiger partial charge in [-0.1, -0.05) is 0 Å². The molecule has 1 unspecified atom stereocenters. The highest BCUT2D eigenvalue weighted by Crippen LogP contribution is 2.39. The standard InChI is InChI=1S/C22H30N4O4/c1-5-29-20(27)17-12-24-19-16(8-9-23-19)18(17)25-13-10-14-6-7-15(11-13)26(14)21(28)30-22(2,3)4/h8-9,12-15H,5-7,10-11H2,1-4H3,(H2,23,24,25)/t13?,14-,15+. The Morgan fingerprint density at radius 1 is 1.27 bits per heavy atom. The third-order valence-electron chi connectivity index (χ3n) is 5.77. The van der Waals surface area contributed by atoms with Crippen molar-refractivity contribution < 1.29 is 19.1 Å². The maximum absolute atomic E-state index is 12.7. The van der Waals surface area contributed by atoms with Crippen molar-refractivity contribution in [3.63, 3.8) is 0 Å². The van der Waals surface area contributed by atoms with Gasteiger partial charge in [0.2, 0.25) is 0 Å². The molecule has 0 radical (unpaired) electrons.